The van der Waals surface area contributed by atoms with Crippen molar-refractivity contribution < 1.29 is 13.2 Å². The predicted octanol–water partition coefficient (Wildman–Crippen LogP) is 4.58. The van der Waals surface area contributed by atoms with Gasteiger partial charge >= 0.3 is 6.03 Å². The van der Waals surface area contributed by atoms with E-state index in [1.54, 1.807) is 35.2 Å². The third-order valence-electron chi connectivity index (χ3n) is 4.33. The molecule has 1 N–H and O–H groups in total. The van der Waals surface area contributed by atoms with Gasteiger partial charge in [-0.2, -0.15) is 4.31 Å². The number of nitrogens with one attached hydrogen (secondary N) is 1. The number of hydrogen-bond donors (Lipinski definition) is 1. The highest BCUT2D eigenvalue weighted by molar-refractivity contribution is 7.89. The van der Waals surface area contributed by atoms with Crippen LogP contribution in [0, 0.1) is 0 Å². The van der Waals surface area contributed by atoms with Crippen LogP contribution in [0.25, 0.3) is 0 Å². The normalized spacial score (nSPS) is 15.9. The summed E-state index contributed by atoms with van der Waals surface area (Å²) in [5.74, 6) is 0. The summed E-state index contributed by atoms with van der Waals surface area (Å²) in [4.78, 5) is 14.0. The highest BCUT2D eigenvalue weighted by Gasteiger charge is 2.31. The molecule has 150 valence electrons. The van der Waals surface area contributed by atoms with Gasteiger partial charge in [-0.1, -0.05) is 46.9 Å². The van der Waals surface area contributed by atoms with Crippen LogP contribution < -0.4 is 5.32 Å². The first-order chi connectivity index (χ1) is 13.3. The number of rotatable bonds is 3. The van der Waals surface area contributed by atoms with E-state index in [0.29, 0.717) is 23.7 Å². The zero-order chi connectivity index (χ0) is 20.3. The number of halogens is 3. The minimum Gasteiger partial charge on any atom is -0.323 e. The molecule has 1 heterocycles. The van der Waals surface area contributed by atoms with Gasteiger partial charge in [0, 0.05) is 36.9 Å². The second kappa shape index (κ2) is 8.88. The fourth-order valence-corrected chi connectivity index (χ4v) is 5.72. The molecule has 2 aromatic carbocycles. The van der Waals surface area contributed by atoms with E-state index in [2.05, 4.69) is 5.32 Å². The Bertz CT molecular complexity index is 965. The van der Waals surface area contributed by atoms with E-state index in [1.807, 2.05) is 0 Å². The van der Waals surface area contributed by atoms with E-state index in [9.17, 15) is 13.2 Å². The Kier molecular flexibility index (Phi) is 6.73. The largest absolute Gasteiger partial charge is 0.323 e. The molecule has 0 saturated carbocycles. The molecule has 28 heavy (non-hydrogen) atoms. The third kappa shape index (κ3) is 4.72. The minimum atomic E-state index is -3.87. The molecule has 3 rings (SSSR count). The molecule has 0 atom stereocenters. The standard InChI is InChI=1S/C18H18Cl3N3O3S/c19-13-4-1-5-14(12-13)22-18(25)23-8-3-9-24(11-10-23)28(26,27)17-15(20)6-2-7-16(17)21/h1-2,4-7,12H,3,8-11H2,(H,22,25). The minimum absolute atomic E-state index is 0.0762. The fraction of sp³-hybridized carbons (Fsp3) is 0.278. The molecule has 0 aromatic heterocycles. The molecule has 2 aromatic rings. The highest BCUT2D eigenvalue weighted by atomic mass is 35.5. The number of urea groups is 1. The van der Waals surface area contributed by atoms with Crippen LogP contribution in [0.1, 0.15) is 6.42 Å². The molecule has 0 radical (unpaired) electrons. The molecule has 1 saturated heterocycles. The second-order valence-electron chi connectivity index (χ2n) is 6.24. The number of benzene rings is 2. The van der Waals surface area contributed by atoms with Crippen LogP contribution in [0.2, 0.25) is 15.1 Å². The van der Waals surface area contributed by atoms with Crippen LogP contribution in [0.15, 0.2) is 47.4 Å². The molecular formula is C18H18Cl3N3O3S. The fourth-order valence-electron chi connectivity index (χ4n) is 2.96. The number of carbonyl (C=O) groups is 1. The van der Waals surface area contributed by atoms with Gasteiger partial charge in [-0.25, -0.2) is 13.2 Å². The molecule has 10 heteroatoms. The summed E-state index contributed by atoms with van der Waals surface area (Å²) in [7, 11) is -3.87. The van der Waals surface area contributed by atoms with Gasteiger partial charge in [0.05, 0.1) is 10.0 Å². The smallest absolute Gasteiger partial charge is 0.321 e. The Balaban J connectivity index is 1.71. The maximum absolute atomic E-state index is 13.0. The lowest BCUT2D eigenvalue weighted by Crippen LogP contribution is -2.39. The first-order valence-corrected chi connectivity index (χ1v) is 11.1. The van der Waals surface area contributed by atoms with Crippen LogP contribution in [0.3, 0.4) is 0 Å². The van der Waals surface area contributed by atoms with Gasteiger partial charge in [-0.3, -0.25) is 0 Å². The maximum atomic E-state index is 13.0. The summed E-state index contributed by atoms with van der Waals surface area (Å²) in [6, 6.07) is 11.1. The van der Waals surface area contributed by atoms with Crippen molar-refractivity contribution in [2.24, 2.45) is 0 Å². The summed E-state index contributed by atoms with van der Waals surface area (Å²) in [5.41, 5.74) is 0.578. The Labute approximate surface area is 179 Å². The quantitative estimate of drug-likeness (QED) is 0.726. The van der Waals surface area contributed by atoms with Gasteiger partial charge in [0.15, 0.2) is 0 Å². The van der Waals surface area contributed by atoms with E-state index in [-0.39, 0.29) is 40.6 Å². The van der Waals surface area contributed by atoms with E-state index < -0.39 is 10.0 Å². The van der Waals surface area contributed by atoms with Crippen molar-refractivity contribution in [2.45, 2.75) is 11.3 Å². The second-order valence-corrected chi connectivity index (χ2v) is 9.36. The van der Waals surface area contributed by atoms with Gasteiger partial charge < -0.3 is 10.2 Å². The number of anilines is 1. The molecule has 0 unspecified atom stereocenters. The van der Waals surface area contributed by atoms with E-state index in [1.165, 1.54) is 16.4 Å². The number of sulfonamides is 1. The van der Waals surface area contributed by atoms with Crippen molar-refractivity contribution >= 4 is 56.5 Å². The third-order valence-corrected chi connectivity index (χ3v) is 7.42. The Morgan fingerprint density at radius 3 is 2.29 bits per heavy atom. The maximum Gasteiger partial charge on any atom is 0.321 e. The number of hydrogen-bond acceptors (Lipinski definition) is 3. The molecule has 1 aliphatic heterocycles. The zero-order valence-corrected chi connectivity index (χ0v) is 17.8. The van der Waals surface area contributed by atoms with Crippen molar-refractivity contribution in [1.82, 2.24) is 9.21 Å². The summed E-state index contributed by atoms with van der Waals surface area (Å²) >= 11 is 18.1. The topological polar surface area (TPSA) is 69.7 Å². The average molecular weight is 463 g/mol. The Morgan fingerprint density at radius 2 is 1.61 bits per heavy atom. The lowest BCUT2D eigenvalue weighted by molar-refractivity contribution is 0.214. The summed E-state index contributed by atoms with van der Waals surface area (Å²) in [5, 5.41) is 3.44. The molecule has 6 nitrogen and oxygen atoms in total. The average Bonchev–Trinajstić information content (AvgIpc) is 2.88. The summed E-state index contributed by atoms with van der Waals surface area (Å²) < 4.78 is 27.3. The SMILES string of the molecule is O=C(Nc1cccc(Cl)c1)N1CCCN(S(=O)(=O)c2c(Cl)cccc2Cl)CC1. The van der Waals surface area contributed by atoms with Crippen molar-refractivity contribution in [3.8, 4) is 0 Å². The van der Waals surface area contributed by atoms with Crippen molar-refractivity contribution in [2.75, 3.05) is 31.5 Å². The van der Waals surface area contributed by atoms with E-state index >= 15 is 0 Å². The Morgan fingerprint density at radius 1 is 0.929 bits per heavy atom. The van der Waals surface area contributed by atoms with Gasteiger partial charge in [-0.05, 0) is 36.8 Å². The van der Waals surface area contributed by atoms with E-state index in [0.717, 1.165) is 0 Å². The molecule has 1 aliphatic rings. The molecule has 1 fully saturated rings. The zero-order valence-electron chi connectivity index (χ0n) is 14.7. The first-order valence-electron chi connectivity index (χ1n) is 8.55. The van der Waals surface area contributed by atoms with Crippen LogP contribution in [-0.4, -0.2) is 49.8 Å². The summed E-state index contributed by atoms with van der Waals surface area (Å²) in [6.07, 6.45) is 0.490. The molecule has 0 aliphatic carbocycles. The van der Waals surface area contributed by atoms with Crippen LogP contribution in [0.4, 0.5) is 10.5 Å². The van der Waals surface area contributed by atoms with Crippen molar-refractivity contribution in [3.05, 3.63) is 57.5 Å². The molecule has 0 bridgehead atoms. The van der Waals surface area contributed by atoms with Crippen molar-refractivity contribution in [1.29, 1.82) is 0 Å². The lowest BCUT2D eigenvalue weighted by atomic mass is 10.3. The Hall–Kier alpha value is -1.51. The van der Waals surface area contributed by atoms with Crippen molar-refractivity contribution in [3.63, 3.8) is 0 Å². The highest BCUT2D eigenvalue weighted by Crippen LogP contribution is 2.32. The summed E-state index contributed by atoms with van der Waals surface area (Å²) in [6.45, 7) is 1.08. The molecular weight excluding hydrogens is 445 g/mol. The van der Waals surface area contributed by atoms with Gasteiger partial charge in [0.1, 0.15) is 4.90 Å². The van der Waals surface area contributed by atoms with Gasteiger partial charge in [0.2, 0.25) is 10.0 Å². The predicted molar refractivity (Wildman–Crippen MR) is 112 cm³/mol. The number of amides is 2. The molecule has 0 spiro atoms. The first kappa shape index (κ1) is 21.2. The van der Waals surface area contributed by atoms with Gasteiger partial charge in [0.25, 0.3) is 0 Å². The van der Waals surface area contributed by atoms with Crippen LogP contribution in [0.5, 0.6) is 0 Å². The van der Waals surface area contributed by atoms with E-state index in [4.69, 9.17) is 34.8 Å². The van der Waals surface area contributed by atoms with Crippen LogP contribution >= 0.6 is 34.8 Å². The lowest BCUT2D eigenvalue weighted by Gasteiger charge is -2.23. The molecule has 2 amide bonds. The number of carbonyl (C=O) groups excluding carboxylic acids is 1. The van der Waals surface area contributed by atoms with Gasteiger partial charge in [-0.15, -0.1) is 0 Å². The van der Waals surface area contributed by atoms with Crippen LogP contribution in [-0.2, 0) is 10.0 Å². The monoisotopic (exact) mass is 461 g/mol. The number of nitrogens with zero attached hydrogens (tertiary/aromatic N) is 2.